The molecule has 24 heavy (non-hydrogen) atoms. The zero-order valence-electron chi connectivity index (χ0n) is 12.9. The molecule has 0 atom stereocenters. The van der Waals surface area contributed by atoms with Gasteiger partial charge in [-0.3, -0.25) is 4.79 Å². The van der Waals surface area contributed by atoms with Gasteiger partial charge >= 0.3 is 0 Å². The Balaban J connectivity index is 2.03. The predicted molar refractivity (Wildman–Crippen MR) is 88.6 cm³/mol. The topological polar surface area (TPSA) is 68.0 Å². The first kappa shape index (κ1) is 16.1. The van der Waals surface area contributed by atoms with Crippen molar-refractivity contribution in [2.24, 2.45) is 0 Å². The van der Waals surface area contributed by atoms with Gasteiger partial charge in [-0.25, -0.2) is 9.37 Å². The highest BCUT2D eigenvalue weighted by Crippen LogP contribution is 2.33. The van der Waals surface area contributed by atoms with Crippen molar-refractivity contribution in [3.8, 4) is 11.3 Å². The molecule has 3 aromatic rings. The number of hydrogen-bond acceptors (Lipinski definition) is 4. The molecular formula is C17H13ClFN3O2. The number of anilines is 1. The fourth-order valence-electron chi connectivity index (χ4n) is 2.32. The lowest BCUT2D eigenvalue weighted by molar-refractivity contribution is 0.102. The quantitative estimate of drug-likeness (QED) is 0.764. The second-order valence-corrected chi connectivity index (χ2v) is 5.64. The van der Waals surface area contributed by atoms with Gasteiger partial charge in [0.15, 0.2) is 0 Å². The van der Waals surface area contributed by atoms with Gasteiger partial charge in [-0.15, -0.1) is 0 Å². The monoisotopic (exact) mass is 345 g/mol. The Hall–Kier alpha value is -2.73. The van der Waals surface area contributed by atoms with Gasteiger partial charge in [0.05, 0.1) is 10.6 Å². The Labute approximate surface area is 142 Å². The van der Waals surface area contributed by atoms with Gasteiger partial charge in [-0.2, -0.15) is 0 Å². The number of rotatable bonds is 3. The third-order valence-corrected chi connectivity index (χ3v) is 3.76. The van der Waals surface area contributed by atoms with Gasteiger partial charge in [0.2, 0.25) is 0 Å². The van der Waals surface area contributed by atoms with E-state index in [0.717, 1.165) is 5.56 Å². The summed E-state index contributed by atoms with van der Waals surface area (Å²) in [6.45, 7) is 3.45. The van der Waals surface area contributed by atoms with Crippen LogP contribution in [0.3, 0.4) is 0 Å². The van der Waals surface area contributed by atoms with Crippen molar-refractivity contribution in [2.75, 3.05) is 5.32 Å². The highest BCUT2D eigenvalue weighted by atomic mass is 35.5. The summed E-state index contributed by atoms with van der Waals surface area (Å²) in [5.41, 5.74) is 1.14. The summed E-state index contributed by atoms with van der Waals surface area (Å²) in [6.07, 6.45) is 1.58. The third kappa shape index (κ3) is 3.00. The zero-order valence-corrected chi connectivity index (χ0v) is 13.7. The maximum atomic E-state index is 14.2. The normalized spacial score (nSPS) is 10.7. The van der Waals surface area contributed by atoms with Crippen LogP contribution in [-0.2, 0) is 0 Å². The van der Waals surface area contributed by atoms with Gasteiger partial charge in [0, 0.05) is 6.20 Å². The van der Waals surface area contributed by atoms with E-state index in [9.17, 15) is 9.18 Å². The molecule has 0 fully saturated rings. The van der Waals surface area contributed by atoms with Crippen molar-refractivity contribution in [1.29, 1.82) is 0 Å². The minimum absolute atomic E-state index is 0.0263. The standard InChI is InChI=1S/C17H13ClFN3O2/c1-9-6-7-20-13(8-9)21-17(23)14-10(2)24-22-16(14)15-11(18)4-3-5-12(15)19/h3-8H,1-2H3,(H,20,21,23). The molecule has 0 radical (unpaired) electrons. The van der Waals surface area contributed by atoms with E-state index in [1.165, 1.54) is 18.2 Å². The van der Waals surface area contributed by atoms with Crippen molar-refractivity contribution in [2.45, 2.75) is 13.8 Å². The van der Waals surface area contributed by atoms with E-state index in [0.29, 0.717) is 5.82 Å². The Bertz CT molecular complexity index is 904. The van der Waals surface area contributed by atoms with E-state index in [1.807, 2.05) is 13.0 Å². The second-order valence-electron chi connectivity index (χ2n) is 5.23. The number of benzene rings is 1. The molecule has 0 saturated carbocycles. The second kappa shape index (κ2) is 6.41. The van der Waals surface area contributed by atoms with E-state index in [1.54, 1.807) is 19.2 Å². The highest BCUT2D eigenvalue weighted by Gasteiger charge is 2.25. The van der Waals surface area contributed by atoms with Crippen LogP contribution in [0.4, 0.5) is 10.2 Å². The van der Waals surface area contributed by atoms with E-state index in [4.69, 9.17) is 16.1 Å². The lowest BCUT2D eigenvalue weighted by Gasteiger charge is -2.07. The molecule has 0 aliphatic rings. The molecule has 7 heteroatoms. The summed E-state index contributed by atoms with van der Waals surface area (Å²) < 4.78 is 19.2. The number of aryl methyl sites for hydroxylation is 2. The molecule has 0 saturated heterocycles. The number of aromatic nitrogens is 2. The van der Waals surface area contributed by atoms with Crippen LogP contribution in [0.5, 0.6) is 0 Å². The maximum Gasteiger partial charge on any atom is 0.262 e. The smallest absolute Gasteiger partial charge is 0.262 e. The first-order chi connectivity index (χ1) is 11.5. The Morgan fingerprint density at radius 2 is 2.08 bits per heavy atom. The van der Waals surface area contributed by atoms with Crippen LogP contribution in [0.15, 0.2) is 41.1 Å². The number of carbonyl (C=O) groups excluding carboxylic acids is 1. The van der Waals surface area contributed by atoms with Crippen LogP contribution in [0.2, 0.25) is 5.02 Å². The van der Waals surface area contributed by atoms with Crippen LogP contribution in [0.25, 0.3) is 11.3 Å². The van der Waals surface area contributed by atoms with Gasteiger partial charge in [-0.05, 0) is 43.7 Å². The maximum absolute atomic E-state index is 14.2. The molecule has 0 aliphatic heterocycles. The predicted octanol–water partition coefficient (Wildman–Crippen LogP) is 4.40. The number of amides is 1. The Kier molecular flexibility index (Phi) is 4.31. The van der Waals surface area contributed by atoms with Crippen LogP contribution >= 0.6 is 11.6 Å². The van der Waals surface area contributed by atoms with Crippen LogP contribution in [0.1, 0.15) is 21.7 Å². The van der Waals surface area contributed by atoms with E-state index < -0.39 is 11.7 Å². The molecule has 1 amide bonds. The van der Waals surface area contributed by atoms with Crippen molar-refractivity contribution >= 4 is 23.3 Å². The number of hydrogen-bond donors (Lipinski definition) is 1. The summed E-state index contributed by atoms with van der Waals surface area (Å²) in [6, 6.07) is 7.77. The molecule has 1 N–H and O–H groups in total. The van der Waals surface area contributed by atoms with Crippen molar-refractivity contribution in [3.05, 3.63) is 64.3 Å². The summed E-state index contributed by atoms with van der Waals surface area (Å²) in [5, 5.41) is 6.61. The Morgan fingerprint density at radius 1 is 1.29 bits per heavy atom. The SMILES string of the molecule is Cc1ccnc(NC(=O)c2c(-c3c(F)cccc3Cl)noc2C)c1. The molecule has 2 heterocycles. The highest BCUT2D eigenvalue weighted by molar-refractivity contribution is 6.33. The van der Waals surface area contributed by atoms with E-state index >= 15 is 0 Å². The van der Waals surface area contributed by atoms with Gasteiger partial charge in [0.25, 0.3) is 5.91 Å². The molecule has 0 aliphatic carbocycles. The Morgan fingerprint density at radius 3 is 2.79 bits per heavy atom. The molecule has 2 aromatic heterocycles. The zero-order chi connectivity index (χ0) is 17.3. The summed E-state index contributed by atoms with van der Waals surface area (Å²) in [5.74, 6) is -0.444. The summed E-state index contributed by atoms with van der Waals surface area (Å²) in [4.78, 5) is 16.7. The van der Waals surface area contributed by atoms with Gasteiger partial charge < -0.3 is 9.84 Å². The van der Waals surface area contributed by atoms with Crippen LogP contribution in [0, 0.1) is 19.7 Å². The van der Waals surface area contributed by atoms with Gasteiger partial charge in [-0.1, -0.05) is 22.8 Å². The largest absolute Gasteiger partial charge is 0.360 e. The van der Waals surface area contributed by atoms with Crippen LogP contribution in [-0.4, -0.2) is 16.0 Å². The lowest BCUT2D eigenvalue weighted by Crippen LogP contribution is -2.14. The van der Waals surface area contributed by atoms with Crippen LogP contribution < -0.4 is 5.32 Å². The number of carbonyl (C=O) groups is 1. The molecular weight excluding hydrogens is 333 g/mol. The fourth-order valence-corrected chi connectivity index (χ4v) is 2.57. The summed E-state index contributed by atoms with van der Waals surface area (Å²) in [7, 11) is 0. The minimum Gasteiger partial charge on any atom is -0.360 e. The van der Waals surface area contributed by atoms with E-state index in [2.05, 4.69) is 15.5 Å². The van der Waals surface area contributed by atoms with Crippen molar-refractivity contribution < 1.29 is 13.7 Å². The van der Waals surface area contributed by atoms with E-state index in [-0.39, 0.29) is 27.6 Å². The van der Waals surface area contributed by atoms with Crippen molar-refractivity contribution in [1.82, 2.24) is 10.1 Å². The molecule has 0 unspecified atom stereocenters. The number of nitrogens with zero attached hydrogens (tertiary/aromatic N) is 2. The number of halogens is 2. The van der Waals surface area contributed by atoms with Gasteiger partial charge in [0.1, 0.15) is 28.7 Å². The molecule has 0 bridgehead atoms. The fraction of sp³-hybridized carbons (Fsp3) is 0.118. The average Bonchev–Trinajstić information content (AvgIpc) is 2.89. The first-order valence-corrected chi connectivity index (χ1v) is 7.50. The third-order valence-electron chi connectivity index (χ3n) is 3.45. The minimum atomic E-state index is -0.585. The average molecular weight is 346 g/mol. The molecule has 0 spiro atoms. The molecule has 3 rings (SSSR count). The molecule has 1 aromatic carbocycles. The molecule has 5 nitrogen and oxygen atoms in total. The number of pyridine rings is 1. The van der Waals surface area contributed by atoms with Crippen molar-refractivity contribution in [3.63, 3.8) is 0 Å². The summed E-state index contributed by atoms with van der Waals surface area (Å²) >= 11 is 6.07. The number of nitrogens with one attached hydrogen (secondary N) is 1. The first-order valence-electron chi connectivity index (χ1n) is 7.12. The molecule has 122 valence electrons. The lowest BCUT2D eigenvalue weighted by atomic mass is 10.0.